The van der Waals surface area contributed by atoms with E-state index in [1.54, 1.807) is 18.3 Å². The third-order valence-electron chi connectivity index (χ3n) is 2.71. The Labute approximate surface area is 119 Å². The van der Waals surface area contributed by atoms with Gasteiger partial charge in [-0.3, -0.25) is 4.79 Å². The summed E-state index contributed by atoms with van der Waals surface area (Å²) < 4.78 is 25.8. The number of hydrogen-bond acceptors (Lipinski definition) is 3. The van der Waals surface area contributed by atoms with Crippen molar-refractivity contribution in [1.29, 1.82) is 0 Å². The van der Waals surface area contributed by atoms with Crippen LogP contribution >= 0.6 is 11.3 Å². The van der Waals surface area contributed by atoms with E-state index >= 15 is 0 Å². The summed E-state index contributed by atoms with van der Waals surface area (Å²) in [5.41, 5.74) is 0.364. The largest absolute Gasteiger partial charge is 0.374 e. The van der Waals surface area contributed by atoms with Crippen molar-refractivity contribution in [3.05, 3.63) is 52.2 Å². The first-order valence-corrected chi connectivity index (χ1v) is 6.96. The second-order valence-corrected chi connectivity index (χ2v) is 5.32. The third kappa shape index (κ3) is 3.77. The SMILES string of the molecule is CC(Nc1ccc(F)c(F)c1)C(=O)NCc1cccs1. The van der Waals surface area contributed by atoms with Gasteiger partial charge < -0.3 is 10.6 Å². The van der Waals surface area contributed by atoms with Gasteiger partial charge in [0.1, 0.15) is 6.04 Å². The fraction of sp³-hybridized carbons (Fsp3) is 0.214. The number of amides is 1. The van der Waals surface area contributed by atoms with Crippen LogP contribution in [0.3, 0.4) is 0 Å². The molecule has 6 heteroatoms. The number of rotatable bonds is 5. The van der Waals surface area contributed by atoms with Crippen molar-refractivity contribution in [2.75, 3.05) is 5.32 Å². The van der Waals surface area contributed by atoms with Crippen molar-refractivity contribution >= 4 is 22.9 Å². The fourth-order valence-electron chi connectivity index (χ4n) is 1.64. The molecule has 1 amide bonds. The van der Waals surface area contributed by atoms with Crippen LogP contribution in [0.25, 0.3) is 0 Å². The Kier molecular flexibility index (Phi) is 4.68. The second-order valence-electron chi connectivity index (χ2n) is 4.29. The minimum Gasteiger partial charge on any atom is -0.374 e. The van der Waals surface area contributed by atoms with Crippen LogP contribution in [0.4, 0.5) is 14.5 Å². The zero-order valence-corrected chi connectivity index (χ0v) is 11.6. The Morgan fingerprint density at radius 1 is 1.30 bits per heavy atom. The lowest BCUT2D eigenvalue weighted by Crippen LogP contribution is -2.37. The molecule has 3 nitrogen and oxygen atoms in total. The molecule has 0 saturated heterocycles. The van der Waals surface area contributed by atoms with E-state index in [0.29, 0.717) is 12.2 Å². The van der Waals surface area contributed by atoms with E-state index in [-0.39, 0.29) is 5.91 Å². The van der Waals surface area contributed by atoms with Crippen molar-refractivity contribution in [3.8, 4) is 0 Å². The molecule has 0 fully saturated rings. The molecule has 0 aliphatic rings. The van der Waals surface area contributed by atoms with Crippen molar-refractivity contribution < 1.29 is 13.6 Å². The molecule has 0 spiro atoms. The summed E-state index contributed by atoms with van der Waals surface area (Å²) >= 11 is 1.56. The standard InChI is InChI=1S/C14H14F2N2OS/c1-9(14(19)17-8-11-3-2-6-20-11)18-10-4-5-12(15)13(16)7-10/h2-7,9,18H,8H2,1H3,(H,17,19). The summed E-state index contributed by atoms with van der Waals surface area (Å²) in [5, 5.41) is 7.53. The predicted octanol–water partition coefficient (Wildman–Crippen LogP) is 3.14. The van der Waals surface area contributed by atoms with E-state index in [1.807, 2.05) is 17.5 Å². The molecule has 1 unspecified atom stereocenters. The Morgan fingerprint density at radius 3 is 2.75 bits per heavy atom. The van der Waals surface area contributed by atoms with Crippen molar-refractivity contribution in [2.45, 2.75) is 19.5 Å². The first-order valence-electron chi connectivity index (χ1n) is 6.08. The average molecular weight is 296 g/mol. The first-order chi connectivity index (χ1) is 9.56. The highest BCUT2D eigenvalue weighted by atomic mass is 32.1. The number of anilines is 1. The van der Waals surface area contributed by atoms with Gasteiger partial charge in [-0.2, -0.15) is 0 Å². The highest BCUT2D eigenvalue weighted by Gasteiger charge is 2.13. The lowest BCUT2D eigenvalue weighted by molar-refractivity contribution is -0.121. The summed E-state index contributed by atoms with van der Waals surface area (Å²) in [4.78, 5) is 12.9. The smallest absolute Gasteiger partial charge is 0.242 e. The third-order valence-corrected chi connectivity index (χ3v) is 3.59. The zero-order valence-electron chi connectivity index (χ0n) is 10.8. The molecule has 1 aromatic heterocycles. The molecule has 0 bridgehead atoms. The first kappa shape index (κ1) is 14.5. The van der Waals surface area contributed by atoms with Gasteiger partial charge in [-0.05, 0) is 30.5 Å². The molecular weight excluding hydrogens is 282 g/mol. The van der Waals surface area contributed by atoms with Crippen molar-refractivity contribution in [3.63, 3.8) is 0 Å². The van der Waals surface area contributed by atoms with Crippen LogP contribution in [0, 0.1) is 11.6 Å². The van der Waals surface area contributed by atoms with Gasteiger partial charge in [0, 0.05) is 16.6 Å². The highest BCUT2D eigenvalue weighted by Crippen LogP contribution is 2.14. The van der Waals surface area contributed by atoms with E-state index in [9.17, 15) is 13.6 Å². The van der Waals surface area contributed by atoms with Gasteiger partial charge in [0.05, 0.1) is 6.54 Å². The van der Waals surface area contributed by atoms with E-state index < -0.39 is 17.7 Å². The molecule has 1 atom stereocenters. The summed E-state index contributed by atoms with van der Waals surface area (Å²) in [7, 11) is 0. The number of nitrogens with one attached hydrogen (secondary N) is 2. The molecule has 0 aliphatic heterocycles. The van der Waals surface area contributed by atoms with Crippen LogP contribution in [-0.2, 0) is 11.3 Å². The van der Waals surface area contributed by atoms with Gasteiger partial charge in [0.2, 0.25) is 5.91 Å². The molecule has 2 rings (SSSR count). The quantitative estimate of drug-likeness (QED) is 0.890. The van der Waals surface area contributed by atoms with Crippen molar-refractivity contribution in [1.82, 2.24) is 5.32 Å². The van der Waals surface area contributed by atoms with Gasteiger partial charge in [0.15, 0.2) is 11.6 Å². The summed E-state index contributed by atoms with van der Waals surface area (Å²) in [5.74, 6) is -2.06. The maximum atomic E-state index is 13.1. The molecule has 0 saturated carbocycles. The van der Waals surface area contributed by atoms with Crippen LogP contribution in [0.15, 0.2) is 35.7 Å². The van der Waals surface area contributed by atoms with Crippen LogP contribution in [-0.4, -0.2) is 11.9 Å². The molecule has 20 heavy (non-hydrogen) atoms. The summed E-state index contributed by atoms with van der Waals surface area (Å²) in [6.45, 7) is 2.12. The molecule has 106 valence electrons. The molecular formula is C14H14F2N2OS. The van der Waals surface area contributed by atoms with Crippen molar-refractivity contribution in [2.24, 2.45) is 0 Å². The average Bonchev–Trinajstić information content (AvgIpc) is 2.93. The van der Waals surface area contributed by atoms with Crippen LogP contribution < -0.4 is 10.6 Å². The van der Waals surface area contributed by atoms with Gasteiger partial charge in [-0.25, -0.2) is 8.78 Å². The monoisotopic (exact) mass is 296 g/mol. The number of carbonyl (C=O) groups excluding carboxylic acids is 1. The topological polar surface area (TPSA) is 41.1 Å². The van der Waals surface area contributed by atoms with Crippen LogP contribution in [0.2, 0.25) is 0 Å². The Bertz CT molecular complexity index is 587. The van der Waals surface area contributed by atoms with Gasteiger partial charge >= 0.3 is 0 Å². The van der Waals surface area contributed by atoms with Crippen LogP contribution in [0.1, 0.15) is 11.8 Å². The van der Waals surface area contributed by atoms with E-state index in [1.165, 1.54) is 6.07 Å². The molecule has 2 aromatic rings. The van der Waals surface area contributed by atoms with E-state index in [4.69, 9.17) is 0 Å². The Morgan fingerprint density at radius 2 is 2.10 bits per heavy atom. The molecule has 0 radical (unpaired) electrons. The van der Waals surface area contributed by atoms with E-state index in [2.05, 4.69) is 10.6 Å². The number of hydrogen-bond donors (Lipinski definition) is 2. The molecule has 2 N–H and O–H groups in total. The second kappa shape index (κ2) is 6.47. The predicted molar refractivity (Wildman–Crippen MR) is 75.6 cm³/mol. The fourth-order valence-corrected chi connectivity index (χ4v) is 2.29. The Hall–Kier alpha value is -1.95. The molecule has 1 aromatic carbocycles. The maximum absolute atomic E-state index is 13.1. The number of benzene rings is 1. The summed E-state index contributed by atoms with van der Waals surface area (Å²) in [6, 6.07) is 6.74. The number of carbonyl (C=O) groups is 1. The highest BCUT2D eigenvalue weighted by molar-refractivity contribution is 7.09. The number of halogens is 2. The number of thiophene rings is 1. The van der Waals surface area contributed by atoms with E-state index in [0.717, 1.165) is 17.0 Å². The lowest BCUT2D eigenvalue weighted by atomic mass is 10.2. The van der Waals surface area contributed by atoms with Gasteiger partial charge in [-0.1, -0.05) is 6.07 Å². The summed E-state index contributed by atoms with van der Waals surface area (Å²) in [6.07, 6.45) is 0. The zero-order chi connectivity index (χ0) is 14.5. The normalized spacial score (nSPS) is 11.9. The molecule has 0 aliphatic carbocycles. The minimum absolute atomic E-state index is 0.205. The van der Waals surface area contributed by atoms with Crippen LogP contribution in [0.5, 0.6) is 0 Å². The molecule has 1 heterocycles. The Balaban J connectivity index is 1.88. The van der Waals surface area contributed by atoms with Gasteiger partial charge in [-0.15, -0.1) is 11.3 Å². The lowest BCUT2D eigenvalue weighted by Gasteiger charge is -2.15. The van der Waals surface area contributed by atoms with Gasteiger partial charge in [0.25, 0.3) is 0 Å². The minimum atomic E-state index is -0.943. The maximum Gasteiger partial charge on any atom is 0.242 e.